The van der Waals surface area contributed by atoms with E-state index in [-0.39, 0.29) is 11.3 Å². The van der Waals surface area contributed by atoms with Crippen LogP contribution >= 0.6 is 0 Å². The van der Waals surface area contributed by atoms with E-state index < -0.39 is 23.9 Å². The molecule has 0 aliphatic heterocycles. The molecule has 0 fully saturated rings. The van der Waals surface area contributed by atoms with Gasteiger partial charge in [-0.25, -0.2) is 4.98 Å². The number of alkyl halides is 3. The zero-order valence-electron chi connectivity index (χ0n) is 13.5. The van der Waals surface area contributed by atoms with Crippen molar-refractivity contribution >= 4 is 23.0 Å². The summed E-state index contributed by atoms with van der Waals surface area (Å²) >= 11 is 0. The number of fused-ring (bicyclic) bond motifs is 1. The van der Waals surface area contributed by atoms with Crippen LogP contribution in [0, 0.1) is 6.92 Å². The number of pyridine rings is 1. The van der Waals surface area contributed by atoms with Gasteiger partial charge in [-0.2, -0.15) is 18.2 Å². The van der Waals surface area contributed by atoms with Gasteiger partial charge in [0.2, 0.25) is 11.8 Å². The lowest BCUT2D eigenvalue weighted by molar-refractivity contribution is -0.144. The normalized spacial score (nSPS) is 11.9. The smallest absolute Gasteiger partial charge is 0.451 e. The topological polar surface area (TPSA) is 123 Å². The maximum Gasteiger partial charge on any atom is 0.451 e. The molecule has 0 unspecified atom stereocenters. The summed E-state index contributed by atoms with van der Waals surface area (Å²) in [7, 11) is 0. The van der Waals surface area contributed by atoms with E-state index in [2.05, 4.69) is 25.5 Å². The largest absolute Gasteiger partial charge is 0.463 e. The minimum absolute atomic E-state index is 0.0727. The number of carbonyl (C=O) groups is 1. The molecule has 4 aromatic heterocycles. The average molecular weight is 378 g/mol. The van der Waals surface area contributed by atoms with Gasteiger partial charge in [0.25, 0.3) is 11.6 Å². The maximum atomic E-state index is 12.6. The molecule has 0 aliphatic carbocycles. The number of nitrogens with zero attached hydrogens (tertiary/aromatic N) is 4. The predicted octanol–water partition coefficient (Wildman–Crippen LogP) is 3.18. The number of halogens is 3. The number of rotatable bonds is 3. The zero-order chi connectivity index (χ0) is 19.2. The minimum Gasteiger partial charge on any atom is -0.463 e. The second-order valence-corrected chi connectivity index (χ2v) is 5.44. The van der Waals surface area contributed by atoms with Crippen LogP contribution < -0.4 is 5.32 Å². The van der Waals surface area contributed by atoms with Crippen LogP contribution in [0.5, 0.6) is 0 Å². The third-order valence-corrected chi connectivity index (χ3v) is 3.61. The van der Waals surface area contributed by atoms with Crippen molar-refractivity contribution in [2.24, 2.45) is 0 Å². The third-order valence-electron chi connectivity index (χ3n) is 3.61. The summed E-state index contributed by atoms with van der Waals surface area (Å²) in [4.78, 5) is 20.1. The van der Waals surface area contributed by atoms with E-state index in [4.69, 9.17) is 8.94 Å². The number of aromatic nitrogens is 5. The van der Waals surface area contributed by atoms with Gasteiger partial charge in [-0.15, -0.1) is 5.10 Å². The highest BCUT2D eigenvalue weighted by Crippen LogP contribution is 2.29. The Hall–Kier alpha value is -3.70. The Morgan fingerprint density at radius 1 is 1.30 bits per heavy atom. The van der Waals surface area contributed by atoms with Gasteiger partial charge in [0.15, 0.2) is 5.76 Å². The Morgan fingerprint density at radius 3 is 2.78 bits per heavy atom. The Kier molecular flexibility index (Phi) is 3.68. The number of hydrogen-bond donors (Lipinski definition) is 2. The molecule has 1 amide bonds. The van der Waals surface area contributed by atoms with Crippen LogP contribution in [-0.2, 0) is 6.18 Å². The molecule has 0 saturated carbocycles. The van der Waals surface area contributed by atoms with Crippen molar-refractivity contribution in [2.75, 3.05) is 5.32 Å². The first-order valence-electron chi connectivity index (χ1n) is 7.45. The summed E-state index contributed by atoms with van der Waals surface area (Å²) in [6, 6.07) is 4.68. The standard InChI is InChI=1S/C15H9F3N6O3/c1-6-10-7(11(25)20-14-21-13(22-23-14)15(16,17)18)5-8(9-3-2-4-26-9)19-12(10)27-24-6/h2-5H,1H3,(H2,20,21,22,23,25). The molecule has 138 valence electrons. The molecule has 9 nitrogen and oxygen atoms in total. The van der Waals surface area contributed by atoms with E-state index in [1.54, 1.807) is 24.2 Å². The Labute approximate surface area is 147 Å². The lowest BCUT2D eigenvalue weighted by atomic mass is 10.1. The number of anilines is 1. The van der Waals surface area contributed by atoms with Crippen molar-refractivity contribution in [1.29, 1.82) is 0 Å². The second-order valence-electron chi connectivity index (χ2n) is 5.44. The van der Waals surface area contributed by atoms with E-state index in [0.717, 1.165) is 0 Å². The molecule has 2 N–H and O–H groups in total. The third kappa shape index (κ3) is 3.01. The van der Waals surface area contributed by atoms with E-state index >= 15 is 0 Å². The fourth-order valence-corrected chi connectivity index (χ4v) is 2.44. The van der Waals surface area contributed by atoms with Crippen molar-refractivity contribution in [3.05, 3.63) is 41.5 Å². The van der Waals surface area contributed by atoms with Crippen LogP contribution in [0.1, 0.15) is 21.9 Å². The number of furan rings is 1. The predicted molar refractivity (Wildman–Crippen MR) is 83.6 cm³/mol. The summed E-state index contributed by atoms with van der Waals surface area (Å²) in [6.07, 6.45) is -3.28. The molecular formula is C15H9F3N6O3. The molecule has 0 aliphatic rings. The Morgan fingerprint density at radius 2 is 2.11 bits per heavy atom. The first-order chi connectivity index (χ1) is 12.8. The van der Waals surface area contributed by atoms with Gasteiger partial charge in [-0.3, -0.25) is 15.2 Å². The summed E-state index contributed by atoms with van der Waals surface area (Å²) in [5.74, 6) is -2.23. The SMILES string of the molecule is Cc1noc2nc(-c3ccco3)cc(C(=O)Nc3n[nH]c(C(F)(F)F)n3)c12. The highest BCUT2D eigenvalue weighted by molar-refractivity contribution is 6.12. The van der Waals surface area contributed by atoms with Crippen LogP contribution in [0.3, 0.4) is 0 Å². The summed E-state index contributed by atoms with van der Waals surface area (Å²) in [5.41, 5.74) is 0.834. The molecule has 0 bridgehead atoms. The van der Waals surface area contributed by atoms with E-state index in [9.17, 15) is 18.0 Å². The van der Waals surface area contributed by atoms with Crippen LogP contribution in [0.4, 0.5) is 19.1 Å². The van der Waals surface area contributed by atoms with Gasteiger partial charge in [0.05, 0.1) is 22.9 Å². The van der Waals surface area contributed by atoms with Crippen LogP contribution in [0.15, 0.2) is 33.4 Å². The van der Waals surface area contributed by atoms with Crippen molar-refractivity contribution < 1.29 is 26.9 Å². The molecule has 0 aromatic carbocycles. The monoisotopic (exact) mass is 378 g/mol. The second kappa shape index (κ2) is 5.93. The molecule has 4 rings (SSSR count). The van der Waals surface area contributed by atoms with Gasteiger partial charge in [-0.05, 0) is 25.1 Å². The molecule has 12 heteroatoms. The maximum absolute atomic E-state index is 12.6. The van der Waals surface area contributed by atoms with Gasteiger partial charge in [0.1, 0.15) is 5.69 Å². The van der Waals surface area contributed by atoms with E-state index in [1.807, 2.05) is 0 Å². The van der Waals surface area contributed by atoms with Crippen LogP contribution in [0.25, 0.3) is 22.6 Å². The molecule has 4 heterocycles. The number of hydrogen-bond acceptors (Lipinski definition) is 7. The average Bonchev–Trinajstić information content (AvgIpc) is 3.34. The van der Waals surface area contributed by atoms with E-state index in [0.29, 0.717) is 22.5 Å². The lowest BCUT2D eigenvalue weighted by Crippen LogP contribution is -2.14. The molecule has 0 atom stereocenters. The fourth-order valence-electron chi connectivity index (χ4n) is 2.44. The number of H-pyrrole nitrogens is 1. The summed E-state index contributed by atoms with van der Waals surface area (Å²) < 4.78 is 48.2. The molecule has 4 aromatic rings. The molecule has 0 spiro atoms. The number of aryl methyl sites for hydroxylation is 1. The van der Waals surface area contributed by atoms with Gasteiger partial charge in [0, 0.05) is 0 Å². The van der Waals surface area contributed by atoms with Crippen molar-refractivity contribution in [1.82, 2.24) is 25.3 Å². The Balaban J connectivity index is 1.74. The number of amides is 1. The Bertz CT molecular complexity index is 1130. The van der Waals surface area contributed by atoms with Crippen LogP contribution in [-0.4, -0.2) is 31.2 Å². The van der Waals surface area contributed by atoms with Gasteiger partial charge < -0.3 is 8.94 Å². The van der Waals surface area contributed by atoms with Gasteiger partial charge >= 0.3 is 6.18 Å². The van der Waals surface area contributed by atoms with Crippen molar-refractivity contribution in [2.45, 2.75) is 13.1 Å². The minimum atomic E-state index is -4.71. The number of aromatic amines is 1. The first-order valence-corrected chi connectivity index (χ1v) is 7.45. The number of nitrogens with one attached hydrogen (secondary N) is 2. The molecule has 27 heavy (non-hydrogen) atoms. The zero-order valence-corrected chi connectivity index (χ0v) is 13.5. The number of carbonyl (C=O) groups excluding carboxylic acids is 1. The van der Waals surface area contributed by atoms with E-state index in [1.165, 1.54) is 12.3 Å². The summed E-state index contributed by atoms with van der Waals surface area (Å²) in [6.45, 7) is 1.60. The van der Waals surface area contributed by atoms with Crippen LogP contribution in [0.2, 0.25) is 0 Å². The summed E-state index contributed by atoms with van der Waals surface area (Å²) in [5, 5.41) is 11.4. The highest BCUT2D eigenvalue weighted by atomic mass is 19.4. The fraction of sp³-hybridized carbons (Fsp3) is 0.133. The molecular weight excluding hydrogens is 369 g/mol. The highest BCUT2D eigenvalue weighted by Gasteiger charge is 2.35. The van der Waals surface area contributed by atoms with Crippen molar-refractivity contribution in [3.63, 3.8) is 0 Å². The molecule has 0 radical (unpaired) electrons. The van der Waals surface area contributed by atoms with Gasteiger partial charge in [-0.1, -0.05) is 5.16 Å². The first kappa shape index (κ1) is 16.8. The van der Waals surface area contributed by atoms with Crippen molar-refractivity contribution in [3.8, 4) is 11.5 Å². The molecule has 0 saturated heterocycles. The lowest BCUT2D eigenvalue weighted by Gasteiger charge is -2.05. The quantitative estimate of drug-likeness (QED) is 0.561.